The van der Waals surface area contributed by atoms with E-state index < -0.39 is 0 Å². The summed E-state index contributed by atoms with van der Waals surface area (Å²) in [6.45, 7) is 7.26. The first-order chi connectivity index (χ1) is 17.4. The van der Waals surface area contributed by atoms with E-state index in [4.69, 9.17) is 0 Å². The van der Waals surface area contributed by atoms with Gasteiger partial charge in [-0.3, -0.25) is 14.4 Å². The number of imide groups is 1. The zero-order valence-corrected chi connectivity index (χ0v) is 21.8. The first-order valence-corrected chi connectivity index (χ1v) is 13.4. The largest absolute Gasteiger partial charge is 0.338 e. The molecule has 2 fully saturated rings. The summed E-state index contributed by atoms with van der Waals surface area (Å²) >= 11 is 0.954. The molecule has 1 atom stereocenters. The van der Waals surface area contributed by atoms with Gasteiger partial charge in [-0.05, 0) is 75.1 Å². The van der Waals surface area contributed by atoms with E-state index >= 15 is 0 Å². The lowest BCUT2D eigenvalue weighted by Gasteiger charge is -2.33. The number of carbonyl (C=O) groups is 3. The minimum absolute atomic E-state index is 0.122. The topological polar surface area (TPSA) is 62.6 Å². The SMILES string of the molecule is CCc1cccc2c(/C=C3\SC(=O)N(c4ccc(C)cc4)C3=O)cn(CC(=O)N3CCCC[C@H]3C)c12. The summed E-state index contributed by atoms with van der Waals surface area (Å²) in [5.41, 5.74) is 4.65. The molecule has 0 aliphatic carbocycles. The Morgan fingerprint density at radius 1 is 1.11 bits per heavy atom. The predicted octanol–water partition coefficient (Wildman–Crippen LogP) is 6.15. The van der Waals surface area contributed by atoms with Crippen LogP contribution in [-0.4, -0.2) is 39.1 Å². The lowest BCUT2D eigenvalue weighted by Crippen LogP contribution is -2.43. The summed E-state index contributed by atoms with van der Waals surface area (Å²) in [4.78, 5) is 42.9. The van der Waals surface area contributed by atoms with E-state index in [2.05, 4.69) is 19.9 Å². The number of benzene rings is 2. The summed E-state index contributed by atoms with van der Waals surface area (Å²) in [5.74, 6) is -0.198. The number of likely N-dealkylation sites (tertiary alicyclic amines) is 1. The molecule has 2 saturated heterocycles. The Morgan fingerprint density at radius 2 is 1.89 bits per heavy atom. The van der Waals surface area contributed by atoms with Gasteiger partial charge in [0.15, 0.2) is 0 Å². The number of carbonyl (C=O) groups excluding carboxylic acids is 3. The van der Waals surface area contributed by atoms with Crippen LogP contribution in [0.2, 0.25) is 0 Å². The maximum Gasteiger partial charge on any atom is 0.298 e. The highest BCUT2D eigenvalue weighted by Gasteiger charge is 2.36. The van der Waals surface area contributed by atoms with Crippen LogP contribution in [0.3, 0.4) is 0 Å². The maximum atomic E-state index is 13.3. The molecule has 1 aromatic heterocycles. The fraction of sp³-hybridized carbons (Fsp3) is 0.345. The number of amides is 3. The summed E-state index contributed by atoms with van der Waals surface area (Å²) in [5, 5.41) is 0.679. The van der Waals surface area contributed by atoms with Crippen LogP contribution in [-0.2, 0) is 22.6 Å². The molecule has 0 unspecified atom stereocenters. The predicted molar refractivity (Wildman–Crippen MR) is 146 cm³/mol. The van der Waals surface area contributed by atoms with Gasteiger partial charge in [-0.1, -0.05) is 42.8 Å². The number of nitrogens with zero attached hydrogens (tertiary/aromatic N) is 3. The number of hydrogen-bond acceptors (Lipinski definition) is 4. The molecule has 3 amide bonds. The number of hydrogen-bond donors (Lipinski definition) is 0. The van der Waals surface area contributed by atoms with Crippen LogP contribution < -0.4 is 4.90 Å². The Morgan fingerprint density at radius 3 is 2.61 bits per heavy atom. The van der Waals surface area contributed by atoms with Crippen molar-refractivity contribution in [3.05, 3.63) is 70.3 Å². The number of rotatable bonds is 5. The number of fused-ring (bicyclic) bond motifs is 1. The number of anilines is 1. The van der Waals surface area contributed by atoms with Crippen molar-refractivity contribution >= 4 is 51.5 Å². The van der Waals surface area contributed by atoms with Crippen LogP contribution in [0.15, 0.2) is 53.6 Å². The summed E-state index contributed by atoms with van der Waals surface area (Å²) in [6, 6.07) is 13.7. The zero-order valence-electron chi connectivity index (χ0n) is 21.0. The monoisotopic (exact) mass is 501 g/mol. The van der Waals surface area contributed by atoms with Crippen molar-refractivity contribution in [1.82, 2.24) is 9.47 Å². The molecular weight excluding hydrogens is 470 g/mol. The Labute approximate surface area is 215 Å². The van der Waals surface area contributed by atoms with Gasteiger partial charge >= 0.3 is 0 Å². The van der Waals surface area contributed by atoms with Crippen LogP contribution in [0.25, 0.3) is 17.0 Å². The van der Waals surface area contributed by atoms with Crippen LogP contribution in [0.1, 0.15) is 49.8 Å². The van der Waals surface area contributed by atoms with E-state index in [1.54, 1.807) is 18.2 Å². The Balaban J connectivity index is 1.51. The number of aromatic nitrogens is 1. The van der Waals surface area contributed by atoms with Gasteiger partial charge in [-0.15, -0.1) is 0 Å². The average Bonchev–Trinajstić information content (AvgIpc) is 3.36. The fourth-order valence-corrected chi connectivity index (χ4v) is 6.05. The van der Waals surface area contributed by atoms with Crippen molar-refractivity contribution in [3.8, 4) is 0 Å². The number of para-hydroxylation sites is 1. The third-order valence-corrected chi connectivity index (χ3v) is 8.06. The van der Waals surface area contributed by atoms with Gasteiger partial charge in [0.25, 0.3) is 11.1 Å². The number of piperidine rings is 1. The number of aryl methyl sites for hydroxylation is 2. The molecule has 0 bridgehead atoms. The molecule has 6 nitrogen and oxygen atoms in total. The van der Waals surface area contributed by atoms with E-state index in [1.165, 1.54) is 11.3 Å². The van der Waals surface area contributed by atoms with E-state index in [0.29, 0.717) is 10.6 Å². The molecule has 3 aromatic rings. The Kier molecular flexibility index (Phi) is 6.75. The van der Waals surface area contributed by atoms with Crippen LogP contribution in [0.4, 0.5) is 10.5 Å². The van der Waals surface area contributed by atoms with Gasteiger partial charge in [0.2, 0.25) is 5.91 Å². The van der Waals surface area contributed by atoms with Gasteiger partial charge < -0.3 is 9.47 Å². The zero-order chi connectivity index (χ0) is 25.4. The van der Waals surface area contributed by atoms with Gasteiger partial charge in [0.1, 0.15) is 6.54 Å². The van der Waals surface area contributed by atoms with E-state index in [-0.39, 0.29) is 29.6 Å². The van der Waals surface area contributed by atoms with Crippen LogP contribution in [0, 0.1) is 6.92 Å². The highest BCUT2D eigenvalue weighted by atomic mass is 32.2. The van der Waals surface area contributed by atoms with Crippen LogP contribution >= 0.6 is 11.8 Å². The van der Waals surface area contributed by atoms with E-state index in [1.807, 2.05) is 46.9 Å². The van der Waals surface area contributed by atoms with Crippen molar-refractivity contribution in [2.24, 2.45) is 0 Å². The minimum atomic E-state index is -0.320. The Bertz CT molecular complexity index is 1370. The summed E-state index contributed by atoms with van der Waals surface area (Å²) in [6.07, 6.45) is 7.84. The lowest BCUT2D eigenvalue weighted by molar-refractivity contribution is -0.135. The highest BCUT2D eigenvalue weighted by Crippen LogP contribution is 2.37. The molecule has 0 N–H and O–H groups in total. The van der Waals surface area contributed by atoms with Crippen molar-refractivity contribution in [1.29, 1.82) is 0 Å². The molecule has 3 heterocycles. The van der Waals surface area contributed by atoms with Crippen molar-refractivity contribution < 1.29 is 14.4 Å². The molecule has 5 rings (SSSR count). The molecule has 7 heteroatoms. The normalized spacial score (nSPS) is 19.6. The van der Waals surface area contributed by atoms with Gasteiger partial charge in [-0.2, -0.15) is 0 Å². The molecule has 0 spiro atoms. The molecule has 2 aliphatic rings. The molecule has 186 valence electrons. The minimum Gasteiger partial charge on any atom is -0.338 e. The van der Waals surface area contributed by atoms with Gasteiger partial charge in [0, 0.05) is 29.7 Å². The third kappa shape index (κ3) is 4.48. The van der Waals surface area contributed by atoms with E-state index in [0.717, 1.165) is 65.2 Å². The number of thioether (sulfide) groups is 1. The summed E-state index contributed by atoms with van der Waals surface area (Å²) in [7, 11) is 0. The van der Waals surface area contributed by atoms with Crippen molar-refractivity contribution in [2.75, 3.05) is 11.4 Å². The van der Waals surface area contributed by atoms with E-state index in [9.17, 15) is 14.4 Å². The second kappa shape index (κ2) is 9.97. The smallest absolute Gasteiger partial charge is 0.298 e. The molecule has 2 aromatic carbocycles. The fourth-order valence-electron chi connectivity index (χ4n) is 5.22. The molecule has 0 radical (unpaired) electrons. The molecule has 36 heavy (non-hydrogen) atoms. The maximum absolute atomic E-state index is 13.3. The lowest BCUT2D eigenvalue weighted by atomic mass is 10.0. The van der Waals surface area contributed by atoms with Gasteiger partial charge in [-0.25, -0.2) is 4.90 Å². The highest BCUT2D eigenvalue weighted by molar-refractivity contribution is 8.19. The quantitative estimate of drug-likeness (QED) is 0.393. The first-order valence-electron chi connectivity index (χ1n) is 12.6. The third-order valence-electron chi connectivity index (χ3n) is 7.20. The molecular formula is C29H31N3O3S. The van der Waals surface area contributed by atoms with Crippen molar-refractivity contribution in [2.45, 2.75) is 59.0 Å². The standard InChI is InChI=1S/C29H31N3O3S/c1-4-21-9-7-10-24-22(17-30(27(21)24)18-26(33)31-15-6-5-8-20(31)3)16-25-28(34)32(29(35)36-25)23-13-11-19(2)12-14-23/h7,9-14,16-17,20H,4-6,8,15,18H2,1-3H3/b25-16-/t20-/m1/s1. The summed E-state index contributed by atoms with van der Waals surface area (Å²) < 4.78 is 2.02. The first kappa shape index (κ1) is 24.4. The molecule has 0 saturated carbocycles. The second-order valence-electron chi connectivity index (χ2n) is 9.66. The molecule has 2 aliphatic heterocycles. The van der Waals surface area contributed by atoms with Gasteiger partial charge in [0.05, 0.1) is 16.1 Å². The van der Waals surface area contributed by atoms with Crippen LogP contribution in [0.5, 0.6) is 0 Å². The second-order valence-corrected chi connectivity index (χ2v) is 10.7. The Hall–Kier alpha value is -3.32. The van der Waals surface area contributed by atoms with Crippen molar-refractivity contribution in [3.63, 3.8) is 0 Å². The average molecular weight is 502 g/mol.